The van der Waals surface area contributed by atoms with Gasteiger partial charge in [-0.2, -0.15) is 5.10 Å². The van der Waals surface area contributed by atoms with E-state index in [4.69, 9.17) is 9.52 Å². The highest BCUT2D eigenvalue weighted by Gasteiger charge is 2.30. The lowest BCUT2D eigenvalue weighted by atomic mass is 9.80. The topological polar surface area (TPSA) is 105 Å². The molecular formula is C27H37N5O3. The maximum Gasteiger partial charge on any atom is 0.259 e. The molecule has 0 aliphatic heterocycles. The molecule has 0 aromatic carbocycles. The Kier molecular flexibility index (Phi) is 7.31. The van der Waals surface area contributed by atoms with Crippen LogP contribution in [0.15, 0.2) is 41.3 Å². The Bertz CT molecular complexity index is 1150. The zero-order valence-corrected chi connectivity index (χ0v) is 21.3. The molecule has 1 aliphatic rings. The predicted octanol–water partition coefficient (Wildman–Crippen LogP) is 5.84. The van der Waals surface area contributed by atoms with Crippen molar-refractivity contribution in [2.24, 2.45) is 11.8 Å². The average Bonchev–Trinajstić information content (AvgIpc) is 3.47. The van der Waals surface area contributed by atoms with Crippen LogP contribution >= 0.6 is 0 Å². The lowest BCUT2D eigenvalue weighted by Gasteiger charge is -2.31. The van der Waals surface area contributed by atoms with Crippen LogP contribution in [0.25, 0.3) is 11.3 Å². The Balaban J connectivity index is 1.52. The number of carbonyl (C=O) groups is 1. The van der Waals surface area contributed by atoms with E-state index in [0.29, 0.717) is 28.6 Å². The molecule has 1 aliphatic carbocycles. The first-order valence-corrected chi connectivity index (χ1v) is 12.6. The molecule has 1 amide bonds. The standard InChI is InChI=1S/C27H37N5O3/c1-6-28-24-14-19(11-12-29-24)23-13-20(16-35-23)26(33)30-22-15-32(31-25(22)27(4,5)34)21-9-7-18(8-10-21)17(2)3/h11-18,21,34H,6-10H2,1-5H3,(H,28,29)(H,30,33)/t18-,21-. The molecule has 0 unspecified atom stereocenters. The van der Waals surface area contributed by atoms with Gasteiger partial charge in [0.05, 0.1) is 17.3 Å². The SMILES string of the molecule is CCNc1cc(-c2cc(C(=O)Nc3cn([C@H]4CC[C@H](C(C)C)CC4)nc3C(C)(C)O)co2)ccn1. The molecule has 0 radical (unpaired) electrons. The minimum atomic E-state index is -1.19. The number of hydrogen-bond acceptors (Lipinski definition) is 6. The van der Waals surface area contributed by atoms with Gasteiger partial charge in [0.15, 0.2) is 0 Å². The zero-order valence-electron chi connectivity index (χ0n) is 21.3. The first-order chi connectivity index (χ1) is 16.7. The summed E-state index contributed by atoms with van der Waals surface area (Å²) in [7, 11) is 0. The molecule has 3 aromatic rings. The van der Waals surface area contributed by atoms with Crippen LogP contribution in [0.2, 0.25) is 0 Å². The van der Waals surface area contributed by atoms with Crippen molar-refractivity contribution in [3.05, 3.63) is 48.1 Å². The number of hydrogen-bond donors (Lipinski definition) is 3. The van der Waals surface area contributed by atoms with Crippen LogP contribution in [0.5, 0.6) is 0 Å². The normalized spacial score (nSPS) is 18.6. The summed E-state index contributed by atoms with van der Waals surface area (Å²) in [6, 6.07) is 5.71. The van der Waals surface area contributed by atoms with E-state index < -0.39 is 5.60 Å². The van der Waals surface area contributed by atoms with Gasteiger partial charge < -0.3 is 20.2 Å². The van der Waals surface area contributed by atoms with Crippen molar-refractivity contribution in [1.29, 1.82) is 0 Å². The molecule has 0 saturated heterocycles. The molecule has 3 aromatic heterocycles. The van der Waals surface area contributed by atoms with Crippen molar-refractivity contribution < 1.29 is 14.3 Å². The van der Waals surface area contributed by atoms with Crippen molar-refractivity contribution in [3.8, 4) is 11.3 Å². The van der Waals surface area contributed by atoms with Gasteiger partial charge in [-0.25, -0.2) is 4.98 Å². The molecule has 8 heteroatoms. The lowest BCUT2D eigenvalue weighted by molar-refractivity contribution is 0.0729. The number of amides is 1. The van der Waals surface area contributed by atoms with Crippen LogP contribution in [0.4, 0.5) is 11.5 Å². The number of carbonyl (C=O) groups excluding carboxylic acids is 1. The van der Waals surface area contributed by atoms with Crippen LogP contribution in [0.1, 0.15) is 82.4 Å². The number of nitrogens with one attached hydrogen (secondary N) is 2. The molecular weight excluding hydrogens is 442 g/mol. The molecule has 1 saturated carbocycles. The maximum absolute atomic E-state index is 13.1. The second-order valence-corrected chi connectivity index (χ2v) is 10.4. The molecule has 8 nitrogen and oxygen atoms in total. The molecule has 3 heterocycles. The smallest absolute Gasteiger partial charge is 0.259 e. The van der Waals surface area contributed by atoms with Gasteiger partial charge in [0.1, 0.15) is 29.1 Å². The van der Waals surface area contributed by atoms with E-state index in [0.717, 1.165) is 36.7 Å². The van der Waals surface area contributed by atoms with Crippen LogP contribution in [0, 0.1) is 11.8 Å². The molecule has 188 valence electrons. The lowest BCUT2D eigenvalue weighted by Crippen LogP contribution is -2.23. The molecule has 0 atom stereocenters. The fourth-order valence-electron chi connectivity index (χ4n) is 4.82. The van der Waals surface area contributed by atoms with Gasteiger partial charge in [-0.05, 0) is 76.5 Å². The monoisotopic (exact) mass is 479 g/mol. The van der Waals surface area contributed by atoms with Gasteiger partial charge in [0.25, 0.3) is 5.91 Å². The summed E-state index contributed by atoms with van der Waals surface area (Å²) in [4.78, 5) is 17.4. The zero-order chi connectivity index (χ0) is 25.2. The molecule has 35 heavy (non-hydrogen) atoms. The predicted molar refractivity (Wildman–Crippen MR) is 137 cm³/mol. The molecule has 4 rings (SSSR count). The highest BCUT2D eigenvalue weighted by atomic mass is 16.3. The number of pyridine rings is 1. The van der Waals surface area contributed by atoms with Crippen molar-refractivity contribution in [3.63, 3.8) is 0 Å². The third-order valence-corrected chi connectivity index (χ3v) is 6.88. The van der Waals surface area contributed by atoms with E-state index in [9.17, 15) is 9.90 Å². The second kappa shape index (κ2) is 10.2. The van der Waals surface area contributed by atoms with Crippen molar-refractivity contribution in [1.82, 2.24) is 14.8 Å². The first-order valence-electron chi connectivity index (χ1n) is 12.6. The van der Waals surface area contributed by atoms with Gasteiger partial charge in [-0.15, -0.1) is 0 Å². The molecule has 0 bridgehead atoms. The second-order valence-electron chi connectivity index (χ2n) is 10.4. The summed E-state index contributed by atoms with van der Waals surface area (Å²) < 4.78 is 7.61. The quantitative estimate of drug-likeness (QED) is 0.375. The third kappa shape index (κ3) is 5.75. The Labute approximate surface area is 207 Å². The van der Waals surface area contributed by atoms with Crippen molar-refractivity contribution in [2.45, 2.75) is 71.9 Å². The van der Waals surface area contributed by atoms with Crippen LogP contribution < -0.4 is 10.6 Å². The Hall–Kier alpha value is -3.13. The van der Waals surface area contributed by atoms with E-state index in [-0.39, 0.29) is 11.9 Å². The summed E-state index contributed by atoms with van der Waals surface area (Å²) in [5.41, 5.74) is 1.02. The molecule has 0 spiro atoms. The Morgan fingerprint density at radius 3 is 2.66 bits per heavy atom. The van der Waals surface area contributed by atoms with Crippen molar-refractivity contribution in [2.75, 3.05) is 17.2 Å². The Morgan fingerprint density at radius 1 is 1.26 bits per heavy atom. The Morgan fingerprint density at radius 2 is 2.00 bits per heavy atom. The number of aromatic nitrogens is 3. The van der Waals surface area contributed by atoms with E-state index in [1.165, 1.54) is 19.1 Å². The summed E-state index contributed by atoms with van der Waals surface area (Å²) in [6.07, 6.45) is 9.45. The number of nitrogens with zero attached hydrogens (tertiary/aromatic N) is 3. The summed E-state index contributed by atoms with van der Waals surface area (Å²) in [6.45, 7) is 10.7. The summed E-state index contributed by atoms with van der Waals surface area (Å²) >= 11 is 0. The minimum Gasteiger partial charge on any atom is -0.464 e. The number of rotatable bonds is 8. The fourth-order valence-corrected chi connectivity index (χ4v) is 4.82. The third-order valence-electron chi connectivity index (χ3n) is 6.88. The van der Waals surface area contributed by atoms with Gasteiger partial charge in [-0.3, -0.25) is 9.48 Å². The summed E-state index contributed by atoms with van der Waals surface area (Å²) in [5.74, 6) is 2.46. The van der Waals surface area contributed by atoms with Gasteiger partial charge in [-0.1, -0.05) is 13.8 Å². The van der Waals surface area contributed by atoms with E-state index >= 15 is 0 Å². The van der Waals surface area contributed by atoms with Crippen LogP contribution in [-0.2, 0) is 5.60 Å². The minimum absolute atomic E-state index is 0.273. The van der Waals surface area contributed by atoms with E-state index in [2.05, 4.69) is 29.5 Å². The molecule has 1 fully saturated rings. The van der Waals surface area contributed by atoms with Crippen LogP contribution in [-0.4, -0.2) is 32.3 Å². The molecule has 3 N–H and O–H groups in total. The number of aliphatic hydroxyl groups is 1. The van der Waals surface area contributed by atoms with E-state index in [1.807, 2.05) is 29.9 Å². The largest absolute Gasteiger partial charge is 0.464 e. The average molecular weight is 480 g/mol. The highest BCUT2D eigenvalue weighted by Crippen LogP contribution is 2.37. The maximum atomic E-state index is 13.1. The van der Waals surface area contributed by atoms with Gasteiger partial charge in [0, 0.05) is 24.5 Å². The highest BCUT2D eigenvalue weighted by molar-refractivity contribution is 6.05. The summed E-state index contributed by atoms with van der Waals surface area (Å²) in [5, 5.41) is 21.6. The number of furan rings is 1. The van der Waals surface area contributed by atoms with Gasteiger partial charge in [0.2, 0.25) is 0 Å². The van der Waals surface area contributed by atoms with E-state index in [1.54, 1.807) is 26.1 Å². The fraction of sp³-hybridized carbons (Fsp3) is 0.519. The van der Waals surface area contributed by atoms with Crippen molar-refractivity contribution >= 4 is 17.4 Å². The first kappa shape index (κ1) is 25.0. The number of anilines is 2. The van der Waals surface area contributed by atoms with Gasteiger partial charge >= 0.3 is 0 Å². The van der Waals surface area contributed by atoms with Crippen LogP contribution in [0.3, 0.4) is 0 Å².